The predicted molar refractivity (Wildman–Crippen MR) is 79.7 cm³/mol. The Morgan fingerprint density at radius 3 is 2.70 bits per heavy atom. The minimum Gasteiger partial charge on any atom is -0.496 e. The average Bonchev–Trinajstić information content (AvgIpc) is 2.48. The molecule has 0 aliphatic rings. The summed E-state index contributed by atoms with van der Waals surface area (Å²) in [4.78, 5) is 0. The third-order valence-corrected chi connectivity index (χ3v) is 3.49. The van der Waals surface area contributed by atoms with E-state index in [1.807, 2.05) is 24.3 Å². The molecule has 0 radical (unpaired) electrons. The number of ether oxygens (including phenoxy) is 1. The molecule has 1 N–H and O–H groups in total. The summed E-state index contributed by atoms with van der Waals surface area (Å²) in [6.07, 6.45) is 0. The minimum absolute atomic E-state index is 0.120. The standard InChI is InChI=1S/C16H17ClFNO/c1-11(13-5-3-4-6-16(13)20-2)19-10-12-7-8-15(18)14(17)9-12/h3-9,11,19H,10H2,1-2H3/t11-/m0/s1. The van der Waals surface area contributed by atoms with Crippen LogP contribution in [0.3, 0.4) is 0 Å². The molecule has 0 aliphatic heterocycles. The first kappa shape index (κ1) is 14.8. The van der Waals surface area contributed by atoms with Gasteiger partial charge in [0, 0.05) is 18.2 Å². The second-order valence-corrected chi connectivity index (χ2v) is 5.00. The lowest BCUT2D eigenvalue weighted by atomic mass is 10.1. The van der Waals surface area contributed by atoms with E-state index in [9.17, 15) is 4.39 Å². The van der Waals surface area contributed by atoms with Crippen LogP contribution in [0, 0.1) is 5.82 Å². The summed E-state index contributed by atoms with van der Waals surface area (Å²) in [5, 5.41) is 3.52. The topological polar surface area (TPSA) is 21.3 Å². The Balaban J connectivity index is 2.04. The molecule has 0 aromatic heterocycles. The quantitative estimate of drug-likeness (QED) is 0.885. The summed E-state index contributed by atoms with van der Waals surface area (Å²) in [5.41, 5.74) is 2.03. The normalized spacial score (nSPS) is 12.2. The molecule has 2 nitrogen and oxygen atoms in total. The van der Waals surface area contributed by atoms with Crippen LogP contribution < -0.4 is 10.1 Å². The number of para-hydroxylation sites is 1. The van der Waals surface area contributed by atoms with Gasteiger partial charge in [0.2, 0.25) is 0 Å². The zero-order chi connectivity index (χ0) is 14.5. The van der Waals surface area contributed by atoms with Crippen molar-refractivity contribution in [3.05, 3.63) is 64.4 Å². The first-order valence-corrected chi connectivity index (χ1v) is 6.80. The maximum atomic E-state index is 13.1. The molecule has 2 aromatic carbocycles. The van der Waals surface area contributed by atoms with Crippen LogP contribution in [-0.2, 0) is 6.54 Å². The van der Waals surface area contributed by atoms with Crippen molar-refractivity contribution < 1.29 is 9.13 Å². The van der Waals surface area contributed by atoms with Gasteiger partial charge in [-0.25, -0.2) is 4.39 Å². The molecular formula is C16H17ClFNO. The Hall–Kier alpha value is -1.58. The number of benzene rings is 2. The highest BCUT2D eigenvalue weighted by molar-refractivity contribution is 6.30. The molecule has 0 heterocycles. The van der Waals surface area contributed by atoms with Gasteiger partial charge in [-0.1, -0.05) is 35.9 Å². The van der Waals surface area contributed by atoms with Crippen molar-refractivity contribution in [3.8, 4) is 5.75 Å². The van der Waals surface area contributed by atoms with Crippen molar-refractivity contribution in [1.82, 2.24) is 5.32 Å². The van der Waals surface area contributed by atoms with Crippen LogP contribution in [0.15, 0.2) is 42.5 Å². The van der Waals surface area contributed by atoms with Crippen molar-refractivity contribution in [1.29, 1.82) is 0 Å². The third kappa shape index (κ3) is 3.50. The molecule has 2 aromatic rings. The van der Waals surface area contributed by atoms with Crippen LogP contribution in [0.5, 0.6) is 5.75 Å². The van der Waals surface area contributed by atoms with Crippen LogP contribution in [0.25, 0.3) is 0 Å². The van der Waals surface area contributed by atoms with Crippen molar-refractivity contribution >= 4 is 11.6 Å². The van der Waals surface area contributed by atoms with Gasteiger partial charge in [-0.05, 0) is 30.7 Å². The Bertz CT molecular complexity index is 588. The Morgan fingerprint density at radius 1 is 1.25 bits per heavy atom. The van der Waals surface area contributed by atoms with Crippen molar-refractivity contribution in [2.75, 3.05) is 7.11 Å². The third-order valence-electron chi connectivity index (χ3n) is 3.20. The predicted octanol–water partition coefficient (Wildman–Crippen LogP) is 4.34. The molecule has 0 fully saturated rings. The fraction of sp³-hybridized carbons (Fsp3) is 0.250. The molecule has 0 spiro atoms. The SMILES string of the molecule is COc1ccccc1[C@H](C)NCc1ccc(F)c(Cl)c1. The van der Waals surface area contributed by atoms with E-state index in [-0.39, 0.29) is 11.1 Å². The van der Waals surface area contributed by atoms with E-state index in [4.69, 9.17) is 16.3 Å². The van der Waals surface area contributed by atoms with Gasteiger partial charge in [0.1, 0.15) is 11.6 Å². The molecule has 106 valence electrons. The molecule has 20 heavy (non-hydrogen) atoms. The van der Waals surface area contributed by atoms with Gasteiger partial charge in [0.15, 0.2) is 0 Å². The molecule has 0 amide bonds. The number of rotatable bonds is 5. The Labute approximate surface area is 123 Å². The van der Waals surface area contributed by atoms with Gasteiger partial charge in [-0.2, -0.15) is 0 Å². The van der Waals surface area contributed by atoms with Crippen LogP contribution >= 0.6 is 11.6 Å². The fourth-order valence-electron chi connectivity index (χ4n) is 2.05. The molecule has 0 aliphatic carbocycles. The van der Waals surface area contributed by atoms with E-state index in [1.54, 1.807) is 19.2 Å². The van der Waals surface area contributed by atoms with E-state index in [0.717, 1.165) is 16.9 Å². The Kier molecular flexibility index (Phi) is 4.99. The van der Waals surface area contributed by atoms with Crippen LogP contribution in [-0.4, -0.2) is 7.11 Å². The lowest BCUT2D eigenvalue weighted by Gasteiger charge is -2.17. The van der Waals surface area contributed by atoms with Gasteiger partial charge in [0.05, 0.1) is 12.1 Å². The molecule has 4 heteroatoms. The van der Waals surface area contributed by atoms with Crippen molar-refractivity contribution in [2.45, 2.75) is 19.5 Å². The van der Waals surface area contributed by atoms with Gasteiger partial charge >= 0.3 is 0 Å². The van der Waals surface area contributed by atoms with E-state index in [1.165, 1.54) is 6.07 Å². The number of hydrogen-bond donors (Lipinski definition) is 1. The molecule has 0 unspecified atom stereocenters. The van der Waals surface area contributed by atoms with E-state index in [0.29, 0.717) is 6.54 Å². The molecule has 0 saturated heterocycles. The largest absolute Gasteiger partial charge is 0.496 e. The number of hydrogen-bond acceptors (Lipinski definition) is 2. The minimum atomic E-state index is -0.395. The lowest BCUT2D eigenvalue weighted by molar-refractivity contribution is 0.401. The summed E-state index contributed by atoms with van der Waals surface area (Å²) in [7, 11) is 1.66. The highest BCUT2D eigenvalue weighted by atomic mass is 35.5. The van der Waals surface area contributed by atoms with Gasteiger partial charge in [-0.3, -0.25) is 0 Å². The van der Waals surface area contributed by atoms with E-state index in [2.05, 4.69) is 12.2 Å². The van der Waals surface area contributed by atoms with E-state index >= 15 is 0 Å². The maximum Gasteiger partial charge on any atom is 0.141 e. The molecular weight excluding hydrogens is 277 g/mol. The fourth-order valence-corrected chi connectivity index (χ4v) is 2.26. The Morgan fingerprint density at radius 2 is 2.00 bits per heavy atom. The highest BCUT2D eigenvalue weighted by Gasteiger charge is 2.10. The van der Waals surface area contributed by atoms with Gasteiger partial charge in [-0.15, -0.1) is 0 Å². The zero-order valence-corrected chi connectivity index (χ0v) is 12.2. The van der Waals surface area contributed by atoms with Crippen molar-refractivity contribution in [3.63, 3.8) is 0 Å². The molecule has 1 atom stereocenters. The second kappa shape index (κ2) is 6.73. The first-order valence-electron chi connectivity index (χ1n) is 6.42. The molecule has 0 bridgehead atoms. The van der Waals surface area contributed by atoms with Crippen molar-refractivity contribution in [2.24, 2.45) is 0 Å². The zero-order valence-electron chi connectivity index (χ0n) is 11.5. The number of nitrogens with one attached hydrogen (secondary N) is 1. The first-order chi connectivity index (χ1) is 9.61. The number of halogens is 2. The smallest absolute Gasteiger partial charge is 0.141 e. The van der Waals surface area contributed by atoms with Crippen LogP contribution in [0.1, 0.15) is 24.1 Å². The lowest BCUT2D eigenvalue weighted by Crippen LogP contribution is -2.18. The summed E-state index contributed by atoms with van der Waals surface area (Å²) in [6.45, 7) is 2.67. The summed E-state index contributed by atoms with van der Waals surface area (Å²) in [6, 6.07) is 12.7. The number of methoxy groups -OCH3 is 1. The maximum absolute atomic E-state index is 13.1. The van der Waals surface area contributed by atoms with Gasteiger partial charge < -0.3 is 10.1 Å². The highest BCUT2D eigenvalue weighted by Crippen LogP contribution is 2.24. The summed E-state index contributed by atoms with van der Waals surface area (Å²) < 4.78 is 18.4. The van der Waals surface area contributed by atoms with E-state index < -0.39 is 5.82 Å². The molecule has 0 saturated carbocycles. The average molecular weight is 294 g/mol. The van der Waals surface area contributed by atoms with Gasteiger partial charge in [0.25, 0.3) is 0 Å². The monoisotopic (exact) mass is 293 g/mol. The second-order valence-electron chi connectivity index (χ2n) is 4.59. The summed E-state index contributed by atoms with van der Waals surface area (Å²) in [5.74, 6) is 0.456. The van der Waals surface area contributed by atoms with Crippen LogP contribution in [0.4, 0.5) is 4.39 Å². The van der Waals surface area contributed by atoms with Crippen LogP contribution in [0.2, 0.25) is 5.02 Å². The molecule has 2 rings (SSSR count). The summed E-state index contributed by atoms with van der Waals surface area (Å²) >= 11 is 5.77.